The maximum Gasteiger partial charge on any atom is 0.0478 e. The van der Waals surface area contributed by atoms with E-state index in [0.29, 0.717) is 17.3 Å². The van der Waals surface area contributed by atoms with Gasteiger partial charge in [0.2, 0.25) is 0 Å². The van der Waals surface area contributed by atoms with E-state index in [4.69, 9.17) is 11.6 Å². The van der Waals surface area contributed by atoms with Crippen LogP contribution in [-0.2, 0) is 6.54 Å². The smallest absolute Gasteiger partial charge is 0.0478 e. The number of nitrogens with zero attached hydrogens (tertiary/aromatic N) is 1. The van der Waals surface area contributed by atoms with Gasteiger partial charge in [-0.25, -0.2) is 0 Å². The van der Waals surface area contributed by atoms with Crippen molar-refractivity contribution in [3.05, 3.63) is 35.9 Å². The van der Waals surface area contributed by atoms with Crippen LogP contribution in [0.2, 0.25) is 0 Å². The first-order chi connectivity index (χ1) is 7.66. The van der Waals surface area contributed by atoms with Gasteiger partial charge in [-0.15, -0.1) is 11.6 Å². The first-order valence-electron chi connectivity index (χ1n) is 6.09. The minimum absolute atomic E-state index is 0.330. The van der Waals surface area contributed by atoms with Crippen LogP contribution < -0.4 is 0 Å². The fourth-order valence-corrected chi connectivity index (χ4v) is 2.93. The van der Waals surface area contributed by atoms with E-state index in [1.807, 2.05) is 0 Å². The molecule has 0 amide bonds. The summed E-state index contributed by atoms with van der Waals surface area (Å²) in [6.07, 6.45) is 1.13. The summed E-state index contributed by atoms with van der Waals surface area (Å²) in [6.45, 7) is 6.64. The van der Waals surface area contributed by atoms with Gasteiger partial charge in [0.15, 0.2) is 0 Å². The average molecular weight is 238 g/mol. The Labute approximate surface area is 103 Å². The lowest BCUT2D eigenvalue weighted by Gasteiger charge is -2.27. The molecule has 16 heavy (non-hydrogen) atoms. The molecule has 0 aromatic heterocycles. The van der Waals surface area contributed by atoms with Crippen LogP contribution in [-0.4, -0.2) is 22.9 Å². The van der Waals surface area contributed by atoms with E-state index in [2.05, 4.69) is 49.1 Å². The van der Waals surface area contributed by atoms with Gasteiger partial charge in [-0.05, 0) is 17.9 Å². The molecule has 2 heteroatoms. The fourth-order valence-electron chi connectivity index (χ4n) is 2.57. The van der Waals surface area contributed by atoms with Crippen molar-refractivity contribution in [3.8, 4) is 0 Å². The predicted molar refractivity (Wildman–Crippen MR) is 69.7 cm³/mol. The largest absolute Gasteiger partial charge is 0.294 e. The molecule has 0 aliphatic carbocycles. The SMILES string of the molecule is CC(C)[C@@H]1C[C@H](Cl)CN1Cc1ccccc1. The van der Waals surface area contributed by atoms with E-state index in [-0.39, 0.29) is 0 Å². The Hall–Kier alpha value is -0.530. The highest BCUT2D eigenvalue weighted by Crippen LogP contribution is 2.28. The van der Waals surface area contributed by atoms with E-state index in [9.17, 15) is 0 Å². The Morgan fingerprint density at radius 2 is 2.00 bits per heavy atom. The highest BCUT2D eigenvalue weighted by atomic mass is 35.5. The van der Waals surface area contributed by atoms with Crippen LogP contribution in [0.1, 0.15) is 25.8 Å². The maximum absolute atomic E-state index is 6.27. The summed E-state index contributed by atoms with van der Waals surface area (Å²) in [4.78, 5) is 2.53. The summed E-state index contributed by atoms with van der Waals surface area (Å²) < 4.78 is 0. The van der Waals surface area contributed by atoms with Crippen molar-refractivity contribution in [2.45, 2.75) is 38.2 Å². The molecule has 0 bridgehead atoms. The van der Waals surface area contributed by atoms with E-state index < -0.39 is 0 Å². The average Bonchev–Trinajstić information content (AvgIpc) is 2.61. The highest BCUT2D eigenvalue weighted by Gasteiger charge is 2.32. The van der Waals surface area contributed by atoms with Gasteiger partial charge in [0.05, 0.1) is 0 Å². The van der Waals surface area contributed by atoms with Crippen molar-refractivity contribution < 1.29 is 0 Å². The second-order valence-corrected chi connectivity index (χ2v) is 5.68. The fraction of sp³-hybridized carbons (Fsp3) is 0.571. The first kappa shape index (κ1) is 11.9. The molecule has 1 aliphatic rings. The van der Waals surface area contributed by atoms with Crippen LogP contribution in [0.4, 0.5) is 0 Å². The summed E-state index contributed by atoms with van der Waals surface area (Å²) in [7, 11) is 0. The maximum atomic E-state index is 6.27. The molecule has 1 aromatic rings. The zero-order valence-corrected chi connectivity index (χ0v) is 10.8. The lowest BCUT2D eigenvalue weighted by molar-refractivity contribution is 0.199. The van der Waals surface area contributed by atoms with E-state index in [1.54, 1.807) is 0 Å². The molecular weight excluding hydrogens is 218 g/mol. The number of hydrogen-bond donors (Lipinski definition) is 0. The summed E-state index contributed by atoms with van der Waals surface area (Å²) >= 11 is 6.27. The Bertz CT molecular complexity index is 323. The van der Waals surface area contributed by atoms with Crippen LogP contribution in [0.25, 0.3) is 0 Å². The molecule has 0 radical (unpaired) electrons. The minimum Gasteiger partial charge on any atom is -0.294 e. The predicted octanol–water partition coefficient (Wildman–Crippen LogP) is 3.52. The van der Waals surface area contributed by atoms with Gasteiger partial charge in [-0.3, -0.25) is 4.90 Å². The van der Waals surface area contributed by atoms with Crippen LogP contribution in [0.5, 0.6) is 0 Å². The molecule has 1 aliphatic heterocycles. The third-order valence-electron chi connectivity index (χ3n) is 3.40. The summed E-state index contributed by atoms with van der Waals surface area (Å²) in [5.74, 6) is 0.687. The molecule has 1 aromatic carbocycles. The summed E-state index contributed by atoms with van der Waals surface area (Å²) in [5.41, 5.74) is 1.39. The second-order valence-electron chi connectivity index (χ2n) is 5.06. The van der Waals surface area contributed by atoms with Crippen molar-refractivity contribution in [2.75, 3.05) is 6.54 Å². The number of likely N-dealkylation sites (tertiary alicyclic amines) is 1. The Morgan fingerprint density at radius 3 is 2.62 bits per heavy atom. The van der Waals surface area contributed by atoms with Crippen LogP contribution >= 0.6 is 11.6 Å². The third-order valence-corrected chi connectivity index (χ3v) is 3.71. The molecule has 2 rings (SSSR count). The van der Waals surface area contributed by atoms with Gasteiger partial charge >= 0.3 is 0 Å². The van der Waals surface area contributed by atoms with Gasteiger partial charge in [-0.1, -0.05) is 44.2 Å². The van der Waals surface area contributed by atoms with Crippen molar-refractivity contribution in [1.82, 2.24) is 4.90 Å². The quantitative estimate of drug-likeness (QED) is 0.727. The minimum atomic E-state index is 0.330. The molecule has 0 saturated carbocycles. The van der Waals surface area contributed by atoms with Gasteiger partial charge in [0, 0.05) is 24.5 Å². The van der Waals surface area contributed by atoms with Gasteiger partial charge in [-0.2, -0.15) is 0 Å². The van der Waals surface area contributed by atoms with Crippen LogP contribution in [0, 0.1) is 5.92 Å². The van der Waals surface area contributed by atoms with Crippen LogP contribution in [0.3, 0.4) is 0 Å². The second kappa shape index (κ2) is 5.20. The zero-order chi connectivity index (χ0) is 11.5. The lowest BCUT2D eigenvalue weighted by atomic mass is 10.0. The number of alkyl halides is 1. The summed E-state index contributed by atoms with van der Waals surface area (Å²) in [5, 5.41) is 0.330. The zero-order valence-electron chi connectivity index (χ0n) is 10.1. The summed E-state index contributed by atoms with van der Waals surface area (Å²) in [6, 6.07) is 11.3. The number of hydrogen-bond acceptors (Lipinski definition) is 1. The molecule has 1 fully saturated rings. The standard InChI is InChI=1S/C14H20ClN/c1-11(2)14-8-13(15)10-16(14)9-12-6-4-3-5-7-12/h3-7,11,13-14H,8-10H2,1-2H3/t13-,14-/m0/s1. The molecule has 1 heterocycles. The lowest BCUT2D eigenvalue weighted by Crippen LogP contribution is -2.32. The van der Waals surface area contributed by atoms with Gasteiger partial charge < -0.3 is 0 Å². The number of benzene rings is 1. The van der Waals surface area contributed by atoms with Crippen molar-refractivity contribution in [2.24, 2.45) is 5.92 Å². The molecule has 1 nitrogen and oxygen atoms in total. The van der Waals surface area contributed by atoms with Crippen molar-refractivity contribution in [1.29, 1.82) is 0 Å². The normalized spacial score (nSPS) is 26.5. The third kappa shape index (κ3) is 2.78. The molecule has 1 saturated heterocycles. The molecule has 2 atom stereocenters. The molecule has 0 N–H and O–H groups in total. The number of rotatable bonds is 3. The van der Waals surface area contributed by atoms with Crippen molar-refractivity contribution in [3.63, 3.8) is 0 Å². The van der Waals surface area contributed by atoms with E-state index in [1.165, 1.54) is 5.56 Å². The number of halogens is 1. The monoisotopic (exact) mass is 237 g/mol. The molecule has 88 valence electrons. The van der Waals surface area contributed by atoms with Gasteiger partial charge in [0.25, 0.3) is 0 Å². The van der Waals surface area contributed by atoms with Gasteiger partial charge in [0.1, 0.15) is 0 Å². The van der Waals surface area contributed by atoms with E-state index in [0.717, 1.165) is 19.5 Å². The highest BCUT2D eigenvalue weighted by molar-refractivity contribution is 6.21. The van der Waals surface area contributed by atoms with E-state index >= 15 is 0 Å². The Kier molecular flexibility index (Phi) is 3.88. The molecule has 0 spiro atoms. The first-order valence-corrected chi connectivity index (χ1v) is 6.52. The van der Waals surface area contributed by atoms with Crippen LogP contribution in [0.15, 0.2) is 30.3 Å². The topological polar surface area (TPSA) is 3.24 Å². The Morgan fingerprint density at radius 1 is 1.31 bits per heavy atom. The molecule has 0 unspecified atom stereocenters. The molecular formula is C14H20ClN. The Balaban J connectivity index is 2.03. The van der Waals surface area contributed by atoms with Crippen molar-refractivity contribution >= 4 is 11.6 Å².